The van der Waals surface area contributed by atoms with E-state index >= 15 is 0 Å². The molecule has 0 aliphatic heterocycles. The van der Waals surface area contributed by atoms with Crippen LogP contribution in [-0.2, 0) is 0 Å². The van der Waals surface area contributed by atoms with Crippen molar-refractivity contribution in [2.75, 3.05) is 0 Å². The zero-order valence-electron chi connectivity index (χ0n) is 8.33. The van der Waals surface area contributed by atoms with Gasteiger partial charge in [0.2, 0.25) is 0 Å². The van der Waals surface area contributed by atoms with Gasteiger partial charge < -0.3 is 10.2 Å². The molecule has 0 saturated heterocycles. The van der Waals surface area contributed by atoms with E-state index in [0.717, 1.165) is 19.3 Å². The van der Waals surface area contributed by atoms with Crippen LogP contribution in [0.5, 0.6) is 0 Å². The number of hydrogen-bond acceptors (Lipinski definition) is 2. The Kier molecular flexibility index (Phi) is 6.99. The summed E-state index contributed by atoms with van der Waals surface area (Å²) in [5.74, 6) is 0. The van der Waals surface area contributed by atoms with Crippen molar-refractivity contribution < 1.29 is 10.2 Å². The van der Waals surface area contributed by atoms with Gasteiger partial charge in [-0.25, -0.2) is 0 Å². The third kappa shape index (κ3) is 5.65. The first-order valence-electron chi connectivity index (χ1n) is 4.72. The molecule has 2 nitrogen and oxygen atoms in total. The maximum absolute atomic E-state index is 9.84. The molecule has 0 radical (unpaired) electrons. The van der Waals surface area contributed by atoms with Crippen LogP contribution in [0.2, 0.25) is 0 Å². The minimum atomic E-state index is -0.975. The Hall–Kier alpha value is 0.390. The standard InChI is InChI=1S/C10H19IO2/c1-3-4-5-7-10(2,13)9(12)6-8-11/h6,8-9,12-13H,3-5,7H2,1-2H3/b8-6+. The fourth-order valence-electron chi connectivity index (χ4n) is 1.16. The van der Waals surface area contributed by atoms with Gasteiger partial charge in [-0.05, 0) is 23.5 Å². The van der Waals surface area contributed by atoms with E-state index in [0.29, 0.717) is 6.42 Å². The van der Waals surface area contributed by atoms with Crippen molar-refractivity contribution in [2.24, 2.45) is 0 Å². The van der Waals surface area contributed by atoms with Crippen molar-refractivity contribution in [3.8, 4) is 0 Å². The summed E-state index contributed by atoms with van der Waals surface area (Å²) < 4.78 is 1.73. The van der Waals surface area contributed by atoms with E-state index < -0.39 is 11.7 Å². The van der Waals surface area contributed by atoms with E-state index in [1.807, 2.05) is 22.6 Å². The first-order valence-corrected chi connectivity index (χ1v) is 5.96. The molecule has 0 spiro atoms. The number of unbranched alkanes of at least 4 members (excludes halogenated alkanes) is 2. The van der Waals surface area contributed by atoms with Crippen molar-refractivity contribution in [3.63, 3.8) is 0 Å². The summed E-state index contributed by atoms with van der Waals surface area (Å²) in [5, 5.41) is 19.4. The Morgan fingerprint density at radius 2 is 2.08 bits per heavy atom. The predicted molar refractivity (Wildman–Crippen MR) is 63.9 cm³/mol. The molecule has 2 unspecified atom stereocenters. The second kappa shape index (κ2) is 6.79. The summed E-state index contributed by atoms with van der Waals surface area (Å²) in [6.45, 7) is 3.81. The predicted octanol–water partition coefficient (Wildman–Crippen LogP) is 2.63. The maximum atomic E-state index is 9.84. The summed E-state index contributed by atoms with van der Waals surface area (Å²) in [5.41, 5.74) is -0.975. The summed E-state index contributed by atoms with van der Waals surface area (Å²) in [4.78, 5) is 0. The van der Waals surface area contributed by atoms with Gasteiger partial charge in [0, 0.05) is 0 Å². The molecule has 0 fully saturated rings. The van der Waals surface area contributed by atoms with Crippen molar-refractivity contribution in [2.45, 2.75) is 51.2 Å². The van der Waals surface area contributed by atoms with Gasteiger partial charge in [0.05, 0.1) is 5.60 Å². The molecule has 0 aromatic heterocycles. The molecule has 2 atom stereocenters. The second-order valence-electron chi connectivity index (χ2n) is 3.58. The van der Waals surface area contributed by atoms with Gasteiger partial charge in [-0.15, -0.1) is 0 Å². The van der Waals surface area contributed by atoms with Gasteiger partial charge in [0.1, 0.15) is 6.10 Å². The minimum absolute atomic E-state index is 0.656. The van der Waals surface area contributed by atoms with E-state index in [1.165, 1.54) is 0 Å². The number of hydrogen-bond donors (Lipinski definition) is 2. The molecule has 0 amide bonds. The van der Waals surface area contributed by atoms with Crippen LogP contribution in [0.1, 0.15) is 39.5 Å². The zero-order chi connectivity index (χ0) is 10.3. The van der Waals surface area contributed by atoms with Crippen molar-refractivity contribution >= 4 is 22.6 Å². The largest absolute Gasteiger partial charge is 0.387 e. The van der Waals surface area contributed by atoms with Crippen LogP contribution in [0.4, 0.5) is 0 Å². The molecule has 0 heterocycles. The summed E-state index contributed by atoms with van der Waals surface area (Å²) >= 11 is 2.04. The lowest BCUT2D eigenvalue weighted by atomic mass is 9.92. The van der Waals surface area contributed by atoms with E-state index in [4.69, 9.17) is 0 Å². The van der Waals surface area contributed by atoms with Gasteiger partial charge in [0.15, 0.2) is 0 Å². The lowest BCUT2D eigenvalue weighted by molar-refractivity contribution is -0.0447. The Balaban J connectivity index is 3.90. The maximum Gasteiger partial charge on any atom is 0.101 e. The summed E-state index contributed by atoms with van der Waals surface area (Å²) in [6, 6.07) is 0. The molecule has 0 rings (SSSR count). The summed E-state index contributed by atoms with van der Waals surface area (Å²) in [7, 11) is 0. The molecule has 78 valence electrons. The van der Waals surface area contributed by atoms with E-state index in [-0.39, 0.29) is 0 Å². The van der Waals surface area contributed by atoms with Gasteiger partial charge in [-0.1, -0.05) is 48.8 Å². The van der Waals surface area contributed by atoms with Gasteiger partial charge in [-0.2, -0.15) is 0 Å². The smallest absolute Gasteiger partial charge is 0.101 e. The van der Waals surface area contributed by atoms with Crippen molar-refractivity contribution in [1.82, 2.24) is 0 Å². The van der Waals surface area contributed by atoms with Crippen molar-refractivity contribution in [3.05, 3.63) is 10.2 Å². The first-order chi connectivity index (χ1) is 6.04. The van der Waals surface area contributed by atoms with Crippen LogP contribution in [0.25, 0.3) is 0 Å². The quantitative estimate of drug-likeness (QED) is 0.584. The third-order valence-electron chi connectivity index (χ3n) is 2.18. The molecule has 2 N–H and O–H groups in total. The Labute approximate surface area is 94.2 Å². The van der Waals surface area contributed by atoms with E-state index in [1.54, 1.807) is 17.1 Å². The molecule has 0 aliphatic carbocycles. The number of aliphatic hydroxyl groups excluding tert-OH is 1. The number of rotatable bonds is 6. The molecule has 0 aromatic rings. The fourth-order valence-corrected chi connectivity index (χ4v) is 1.55. The minimum Gasteiger partial charge on any atom is -0.387 e. The first kappa shape index (κ1) is 13.4. The zero-order valence-corrected chi connectivity index (χ0v) is 10.5. The summed E-state index contributed by atoms with van der Waals surface area (Å²) in [6.07, 6.45) is 4.73. The van der Waals surface area contributed by atoms with Crippen LogP contribution in [0.15, 0.2) is 10.2 Å². The average Bonchev–Trinajstić information content (AvgIpc) is 2.05. The number of halogens is 1. The topological polar surface area (TPSA) is 40.5 Å². The molecule has 0 aromatic carbocycles. The van der Waals surface area contributed by atoms with E-state index in [2.05, 4.69) is 6.92 Å². The molecule has 0 aliphatic rings. The molecular formula is C10H19IO2. The van der Waals surface area contributed by atoms with Crippen LogP contribution in [-0.4, -0.2) is 21.9 Å². The Morgan fingerprint density at radius 1 is 1.46 bits per heavy atom. The number of aliphatic hydroxyl groups is 2. The Morgan fingerprint density at radius 3 is 2.54 bits per heavy atom. The van der Waals surface area contributed by atoms with Gasteiger partial charge >= 0.3 is 0 Å². The highest BCUT2D eigenvalue weighted by Gasteiger charge is 2.27. The molecular weight excluding hydrogens is 279 g/mol. The second-order valence-corrected chi connectivity index (χ2v) is 4.30. The van der Waals surface area contributed by atoms with Crippen molar-refractivity contribution in [1.29, 1.82) is 0 Å². The average molecular weight is 298 g/mol. The highest BCUT2D eigenvalue weighted by molar-refractivity contribution is 14.1. The van der Waals surface area contributed by atoms with Crippen LogP contribution >= 0.6 is 22.6 Å². The highest BCUT2D eigenvalue weighted by atomic mass is 127. The molecule has 3 heteroatoms. The van der Waals surface area contributed by atoms with Crippen LogP contribution in [0.3, 0.4) is 0 Å². The normalized spacial score (nSPS) is 18.8. The van der Waals surface area contributed by atoms with Crippen LogP contribution < -0.4 is 0 Å². The van der Waals surface area contributed by atoms with Gasteiger partial charge in [-0.3, -0.25) is 0 Å². The molecule has 13 heavy (non-hydrogen) atoms. The molecule has 0 saturated carbocycles. The lowest BCUT2D eigenvalue weighted by Gasteiger charge is -2.26. The van der Waals surface area contributed by atoms with Gasteiger partial charge in [0.25, 0.3) is 0 Å². The van der Waals surface area contributed by atoms with Crippen LogP contribution in [0, 0.1) is 0 Å². The Bertz CT molecular complexity index is 155. The fraction of sp³-hybridized carbons (Fsp3) is 0.800. The SMILES string of the molecule is CCCCCC(C)(O)C(O)/C=C/I. The monoisotopic (exact) mass is 298 g/mol. The lowest BCUT2D eigenvalue weighted by Crippen LogP contribution is -2.37. The van der Waals surface area contributed by atoms with E-state index in [9.17, 15) is 10.2 Å². The molecule has 0 bridgehead atoms. The third-order valence-corrected chi connectivity index (χ3v) is 2.59. The highest BCUT2D eigenvalue weighted by Crippen LogP contribution is 2.19.